The van der Waals surface area contributed by atoms with Gasteiger partial charge in [-0.3, -0.25) is 9.59 Å². The molecule has 0 radical (unpaired) electrons. The summed E-state index contributed by atoms with van der Waals surface area (Å²) in [4.78, 5) is 29.2. The van der Waals surface area contributed by atoms with Crippen molar-refractivity contribution in [2.45, 2.75) is 32.0 Å². The number of nitrogens with one attached hydrogen (secondary N) is 1. The van der Waals surface area contributed by atoms with Crippen LogP contribution in [-0.4, -0.2) is 22.8 Å². The molecule has 0 aliphatic heterocycles. The first-order valence-corrected chi connectivity index (χ1v) is 13.4. The first kappa shape index (κ1) is 27.7. The van der Waals surface area contributed by atoms with E-state index in [-0.39, 0.29) is 31.3 Å². The minimum Gasteiger partial charge on any atom is -0.350 e. The monoisotopic (exact) mass is 564 g/mol. The van der Waals surface area contributed by atoms with Gasteiger partial charge in [-0.25, -0.2) is 0 Å². The largest absolute Gasteiger partial charge is 0.350 e. The maximum absolute atomic E-state index is 13.8. The summed E-state index contributed by atoms with van der Waals surface area (Å²) in [6, 6.07) is 30.8. The molecule has 1 N–H and O–H groups in total. The Morgan fingerprint density at radius 1 is 0.684 bits per heavy atom. The molecule has 1 atom stereocenters. The van der Waals surface area contributed by atoms with Gasteiger partial charge in [0.2, 0.25) is 11.8 Å². The molecule has 0 saturated heterocycles. The van der Waals surface area contributed by atoms with E-state index in [0.29, 0.717) is 21.5 Å². The second kappa shape index (κ2) is 13.5. The standard InChI is InChI=1S/C31H27Cl3N2O2/c32-26-14-10-23(11-15-26)19-30(37)36(21-24-12-16-27(33)17-13-24)29(18-22-6-2-1-3-7-22)31(38)35-20-25-8-4-5-9-28(25)34/h1-17,29H,18-21H2,(H,35,38)/t29-/m1/s1. The zero-order chi connectivity index (χ0) is 26.9. The quantitative estimate of drug-likeness (QED) is 0.222. The van der Waals surface area contributed by atoms with Gasteiger partial charge in [-0.05, 0) is 52.6 Å². The lowest BCUT2D eigenvalue weighted by Gasteiger charge is -2.32. The number of carbonyl (C=O) groups is 2. The fourth-order valence-corrected chi connectivity index (χ4v) is 4.62. The third-order valence-corrected chi connectivity index (χ3v) is 7.09. The highest BCUT2D eigenvalue weighted by Gasteiger charge is 2.30. The van der Waals surface area contributed by atoms with E-state index in [4.69, 9.17) is 34.8 Å². The summed E-state index contributed by atoms with van der Waals surface area (Å²) in [5, 5.41) is 4.78. The van der Waals surface area contributed by atoms with E-state index in [0.717, 1.165) is 22.3 Å². The molecule has 4 aromatic rings. The highest BCUT2D eigenvalue weighted by atomic mass is 35.5. The Morgan fingerprint density at radius 2 is 1.26 bits per heavy atom. The summed E-state index contributed by atoms with van der Waals surface area (Å²) in [5.74, 6) is -0.428. The van der Waals surface area contributed by atoms with Gasteiger partial charge in [-0.1, -0.05) is 108 Å². The van der Waals surface area contributed by atoms with Gasteiger partial charge in [0.1, 0.15) is 6.04 Å². The molecule has 0 aliphatic carbocycles. The average Bonchev–Trinajstić information content (AvgIpc) is 2.93. The zero-order valence-electron chi connectivity index (χ0n) is 20.6. The zero-order valence-corrected chi connectivity index (χ0v) is 22.9. The van der Waals surface area contributed by atoms with Crippen LogP contribution >= 0.6 is 34.8 Å². The first-order valence-electron chi connectivity index (χ1n) is 12.2. The van der Waals surface area contributed by atoms with E-state index < -0.39 is 6.04 Å². The second-order valence-electron chi connectivity index (χ2n) is 8.97. The highest BCUT2D eigenvalue weighted by Crippen LogP contribution is 2.20. The van der Waals surface area contributed by atoms with E-state index in [1.165, 1.54) is 0 Å². The van der Waals surface area contributed by atoms with Gasteiger partial charge >= 0.3 is 0 Å². The molecule has 4 nitrogen and oxygen atoms in total. The number of nitrogens with zero attached hydrogens (tertiary/aromatic N) is 1. The van der Waals surface area contributed by atoms with E-state index in [2.05, 4.69) is 5.32 Å². The molecule has 0 aliphatic rings. The SMILES string of the molecule is O=C(NCc1ccccc1Cl)[C@@H](Cc1ccccc1)N(Cc1ccc(Cl)cc1)C(=O)Cc1ccc(Cl)cc1. The predicted octanol–water partition coefficient (Wildman–Crippen LogP) is 7.15. The third kappa shape index (κ3) is 7.84. The minimum atomic E-state index is -0.754. The van der Waals surface area contributed by atoms with Gasteiger partial charge in [0.05, 0.1) is 6.42 Å². The second-order valence-corrected chi connectivity index (χ2v) is 10.2. The number of rotatable bonds is 10. The van der Waals surface area contributed by atoms with Crippen molar-refractivity contribution in [3.63, 3.8) is 0 Å². The van der Waals surface area contributed by atoms with Gasteiger partial charge in [-0.15, -0.1) is 0 Å². The summed E-state index contributed by atoms with van der Waals surface area (Å²) >= 11 is 18.5. The molecule has 2 amide bonds. The molecular formula is C31H27Cl3N2O2. The van der Waals surface area contributed by atoms with E-state index in [1.54, 1.807) is 35.2 Å². The Balaban J connectivity index is 1.65. The number of halogens is 3. The smallest absolute Gasteiger partial charge is 0.243 e. The molecule has 4 aromatic carbocycles. The average molecular weight is 566 g/mol. The van der Waals surface area contributed by atoms with Crippen LogP contribution in [0.4, 0.5) is 0 Å². The summed E-state index contributed by atoms with van der Waals surface area (Å²) in [5.41, 5.74) is 3.44. The van der Waals surface area contributed by atoms with Gasteiger partial charge in [-0.2, -0.15) is 0 Å². The Morgan fingerprint density at radius 3 is 1.89 bits per heavy atom. The Labute approximate surface area is 238 Å². The number of benzene rings is 4. The molecule has 194 valence electrons. The molecule has 0 saturated carbocycles. The molecule has 0 heterocycles. The summed E-state index contributed by atoms with van der Waals surface area (Å²) in [7, 11) is 0. The summed E-state index contributed by atoms with van der Waals surface area (Å²) in [6.07, 6.45) is 0.489. The molecule has 38 heavy (non-hydrogen) atoms. The van der Waals surface area contributed by atoms with Gasteiger partial charge in [0.15, 0.2) is 0 Å². The summed E-state index contributed by atoms with van der Waals surface area (Å²) in [6.45, 7) is 0.505. The van der Waals surface area contributed by atoms with Crippen molar-refractivity contribution in [3.05, 3.63) is 140 Å². The Hall–Kier alpha value is -3.31. The Bertz CT molecular complexity index is 1360. The van der Waals surface area contributed by atoms with Crippen molar-refractivity contribution in [1.29, 1.82) is 0 Å². The van der Waals surface area contributed by atoms with Crippen LogP contribution in [0.3, 0.4) is 0 Å². The van der Waals surface area contributed by atoms with Crippen molar-refractivity contribution in [2.24, 2.45) is 0 Å². The van der Waals surface area contributed by atoms with Crippen molar-refractivity contribution >= 4 is 46.6 Å². The molecule has 0 bridgehead atoms. The molecule has 0 spiro atoms. The minimum absolute atomic E-state index is 0.133. The lowest BCUT2D eigenvalue weighted by molar-refractivity contribution is -0.140. The van der Waals surface area contributed by atoms with Gasteiger partial charge in [0.25, 0.3) is 0 Å². The van der Waals surface area contributed by atoms with E-state index in [9.17, 15) is 9.59 Å². The lowest BCUT2D eigenvalue weighted by atomic mass is 10.0. The van der Waals surface area contributed by atoms with Crippen molar-refractivity contribution in [1.82, 2.24) is 10.2 Å². The van der Waals surface area contributed by atoms with Gasteiger partial charge < -0.3 is 10.2 Å². The predicted molar refractivity (Wildman–Crippen MR) is 154 cm³/mol. The van der Waals surface area contributed by atoms with Crippen LogP contribution in [0.1, 0.15) is 22.3 Å². The van der Waals surface area contributed by atoms with Crippen LogP contribution < -0.4 is 5.32 Å². The summed E-state index contributed by atoms with van der Waals surface area (Å²) < 4.78 is 0. The number of amides is 2. The lowest BCUT2D eigenvalue weighted by Crippen LogP contribution is -2.50. The van der Waals surface area contributed by atoms with Crippen LogP contribution in [0.15, 0.2) is 103 Å². The molecule has 4 rings (SSSR count). The maximum Gasteiger partial charge on any atom is 0.243 e. The molecule has 0 fully saturated rings. The topological polar surface area (TPSA) is 49.4 Å². The normalized spacial score (nSPS) is 11.6. The number of carbonyl (C=O) groups excluding carboxylic acids is 2. The van der Waals surface area contributed by atoms with Crippen LogP contribution in [0, 0.1) is 0 Å². The Kier molecular flexibility index (Phi) is 9.83. The van der Waals surface area contributed by atoms with Crippen LogP contribution in [0.2, 0.25) is 15.1 Å². The van der Waals surface area contributed by atoms with Crippen molar-refractivity contribution in [2.75, 3.05) is 0 Å². The molecule has 7 heteroatoms. The van der Waals surface area contributed by atoms with Crippen LogP contribution in [-0.2, 0) is 35.5 Å². The van der Waals surface area contributed by atoms with Crippen molar-refractivity contribution in [3.8, 4) is 0 Å². The highest BCUT2D eigenvalue weighted by molar-refractivity contribution is 6.31. The fourth-order valence-electron chi connectivity index (χ4n) is 4.16. The van der Waals surface area contributed by atoms with Crippen molar-refractivity contribution < 1.29 is 9.59 Å². The maximum atomic E-state index is 13.8. The van der Waals surface area contributed by atoms with E-state index >= 15 is 0 Å². The number of hydrogen-bond donors (Lipinski definition) is 1. The van der Waals surface area contributed by atoms with Gasteiger partial charge in [0, 0.05) is 34.6 Å². The van der Waals surface area contributed by atoms with Crippen LogP contribution in [0.5, 0.6) is 0 Å². The molecular weight excluding hydrogens is 539 g/mol. The van der Waals surface area contributed by atoms with Crippen LogP contribution in [0.25, 0.3) is 0 Å². The third-order valence-electron chi connectivity index (χ3n) is 6.22. The number of hydrogen-bond acceptors (Lipinski definition) is 2. The molecule has 0 unspecified atom stereocenters. The first-order chi connectivity index (χ1) is 18.4. The molecule has 0 aromatic heterocycles. The van der Waals surface area contributed by atoms with E-state index in [1.807, 2.05) is 72.8 Å². The fraction of sp³-hybridized carbons (Fsp3) is 0.161.